The molecule has 0 spiro atoms. The Hall–Kier alpha value is -4.84. The summed E-state index contributed by atoms with van der Waals surface area (Å²) in [5.41, 5.74) is 11.1. The van der Waals surface area contributed by atoms with Gasteiger partial charge >= 0.3 is 0 Å². The van der Waals surface area contributed by atoms with E-state index in [0.717, 1.165) is 59.5 Å². The molecule has 5 aromatic heterocycles. The number of aromatic nitrogens is 8. The fourth-order valence-electron chi connectivity index (χ4n) is 7.29. The van der Waals surface area contributed by atoms with E-state index < -0.39 is 0 Å². The van der Waals surface area contributed by atoms with Crippen molar-refractivity contribution in [1.29, 1.82) is 0 Å². The smallest absolute Gasteiger partial charge is 0.254 e. The van der Waals surface area contributed by atoms with Crippen LogP contribution in [-0.4, -0.2) is 75.2 Å². The third-order valence-electron chi connectivity index (χ3n) is 9.77. The van der Waals surface area contributed by atoms with Crippen LogP contribution in [0.25, 0.3) is 50.9 Å². The number of ether oxygens (including phenoxy) is 1. The molecule has 6 aromatic rings. The van der Waals surface area contributed by atoms with E-state index in [1.54, 1.807) is 17.8 Å². The first kappa shape index (κ1) is 25.6. The number of amides is 1. The van der Waals surface area contributed by atoms with Crippen LogP contribution in [-0.2, 0) is 13.6 Å². The Labute approximate surface area is 252 Å². The molecule has 1 saturated heterocycles. The number of piperidine rings is 1. The second-order valence-electron chi connectivity index (χ2n) is 12.5. The Kier molecular flexibility index (Phi) is 5.44. The number of pyridine rings is 1. The summed E-state index contributed by atoms with van der Waals surface area (Å²) in [6.45, 7) is 1.56. The molecule has 2 saturated carbocycles. The number of nitrogens with zero attached hydrogens (tertiary/aromatic N) is 9. The predicted molar refractivity (Wildman–Crippen MR) is 164 cm³/mol. The molecule has 3 aliphatic rings. The molecule has 12 heteroatoms. The molecular formula is C32H32N10O2. The van der Waals surface area contributed by atoms with Crippen LogP contribution in [0.1, 0.15) is 36.0 Å². The van der Waals surface area contributed by atoms with Gasteiger partial charge in [0.25, 0.3) is 11.7 Å². The van der Waals surface area contributed by atoms with E-state index in [4.69, 9.17) is 20.4 Å². The van der Waals surface area contributed by atoms with Gasteiger partial charge in [0.1, 0.15) is 22.6 Å². The molecule has 2 unspecified atom stereocenters. The van der Waals surface area contributed by atoms with Crippen LogP contribution in [0.15, 0.2) is 48.8 Å². The van der Waals surface area contributed by atoms with Gasteiger partial charge in [0.05, 0.1) is 18.3 Å². The highest BCUT2D eigenvalue weighted by Crippen LogP contribution is 2.40. The fourth-order valence-corrected chi connectivity index (χ4v) is 7.29. The largest absolute Gasteiger partial charge is 0.494 e. The summed E-state index contributed by atoms with van der Waals surface area (Å²) < 4.78 is 11.8. The standard InChI is InChI=1S/C32H32N10O2/c1-39-27-22(12-20(14-25(27)44-2)31(43)41-16-19-7-9-23(41)26(19)33)36-30(39)24-13-18-6-8-21(35-29(18)40(24)15-17-4-5-17)28-37-32-34-10-3-11-42(32)38-28/h3,6,8,10-14,17,19,23,26H,4-5,7,9,15-16,33H2,1-2H3/t19?,23?,26-/m1/s1. The van der Waals surface area contributed by atoms with Crippen molar-refractivity contribution in [3.63, 3.8) is 0 Å². The number of imidazole rings is 1. The van der Waals surface area contributed by atoms with Crippen molar-refractivity contribution in [3.05, 3.63) is 54.4 Å². The van der Waals surface area contributed by atoms with Crippen LogP contribution in [0.5, 0.6) is 5.75 Å². The Bertz CT molecular complexity index is 2090. The summed E-state index contributed by atoms with van der Waals surface area (Å²) in [5, 5.41) is 5.61. The summed E-state index contributed by atoms with van der Waals surface area (Å²) in [6.07, 6.45) is 7.99. The molecule has 9 rings (SSSR count). The van der Waals surface area contributed by atoms with Gasteiger partial charge in [-0.3, -0.25) is 4.79 Å². The van der Waals surface area contributed by atoms with E-state index in [0.29, 0.717) is 40.4 Å². The Morgan fingerprint density at radius 3 is 2.73 bits per heavy atom. The second-order valence-corrected chi connectivity index (χ2v) is 12.5. The zero-order chi connectivity index (χ0) is 29.7. The monoisotopic (exact) mass is 588 g/mol. The molecular weight excluding hydrogens is 556 g/mol. The summed E-state index contributed by atoms with van der Waals surface area (Å²) >= 11 is 0. The van der Waals surface area contributed by atoms with Crippen molar-refractivity contribution >= 4 is 33.8 Å². The highest BCUT2D eigenvalue weighted by atomic mass is 16.5. The van der Waals surface area contributed by atoms with Crippen LogP contribution in [0.2, 0.25) is 0 Å². The lowest BCUT2D eigenvalue weighted by Gasteiger charge is -2.27. The summed E-state index contributed by atoms with van der Waals surface area (Å²) in [7, 11) is 3.64. The Morgan fingerprint density at radius 1 is 1.09 bits per heavy atom. The maximum Gasteiger partial charge on any atom is 0.254 e. The summed E-state index contributed by atoms with van der Waals surface area (Å²) in [4.78, 5) is 34.7. The lowest BCUT2D eigenvalue weighted by atomic mass is 10.1. The maximum absolute atomic E-state index is 13.7. The SMILES string of the molecule is COc1cc(C(=O)N2CC3CCC2[C@@H]3N)cc2nc(-c3cc4ccc(-c5nc6ncccn6n5)nc4n3CC3CC3)n(C)c12. The number of likely N-dealkylation sites (tertiary alicyclic amines) is 1. The fraction of sp³-hybridized carbons (Fsp3) is 0.375. The lowest BCUT2D eigenvalue weighted by Crippen LogP contribution is -2.41. The van der Waals surface area contributed by atoms with Crippen molar-refractivity contribution in [2.45, 2.75) is 44.3 Å². The van der Waals surface area contributed by atoms with Gasteiger partial charge in [-0.25, -0.2) is 19.5 Å². The van der Waals surface area contributed by atoms with Gasteiger partial charge in [0, 0.05) is 55.6 Å². The van der Waals surface area contributed by atoms with Crippen LogP contribution >= 0.6 is 0 Å². The maximum atomic E-state index is 13.7. The molecule has 3 fully saturated rings. The van der Waals surface area contributed by atoms with Gasteiger partial charge in [-0.05, 0) is 73.9 Å². The minimum atomic E-state index is -0.00427. The average molecular weight is 589 g/mol. The van der Waals surface area contributed by atoms with E-state index >= 15 is 0 Å². The normalized spacial score (nSPS) is 21.3. The van der Waals surface area contributed by atoms with E-state index in [2.05, 4.69) is 36.3 Å². The number of nitrogens with two attached hydrogens (primary N) is 1. The highest BCUT2D eigenvalue weighted by Gasteiger charge is 2.47. The predicted octanol–water partition coefficient (Wildman–Crippen LogP) is 3.68. The number of carbonyl (C=O) groups is 1. The number of aryl methyl sites for hydroxylation is 1. The van der Waals surface area contributed by atoms with E-state index in [1.807, 2.05) is 42.4 Å². The topological polar surface area (TPSA) is 134 Å². The molecule has 6 heterocycles. The second kappa shape index (κ2) is 9.33. The molecule has 12 nitrogen and oxygen atoms in total. The number of methoxy groups -OCH3 is 1. The number of benzene rings is 1. The van der Waals surface area contributed by atoms with Gasteiger partial charge in [0.15, 0.2) is 5.82 Å². The molecule has 2 N–H and O–H groups in total. The van der Waals surface area contributed by atoms with Crippen LogP contribution in [0, 0.1) is 11.8 Å². The number of carbonyl (C=O) groups excluding carboxylic acids is 1. The number of hydrogen-bond donors (Lipinski definition) is 1. The number of fused-ring (bicyclic) bond motifs is 5. The van der Waals surface area contributed by atoms with Crippen molar-refractivity contribution in [2.24, 2.45) is 24.6 Å². The third-order valence-corrected chi connectivity index (χ3v) is 9.77. The summed E-state index contributed by atoms with van der Waals surface area (Å²) in [5.74, 6) is 3.46. The molecule has 2 bridgehead atoms. The molecule has 0 radical (unpaired) electrons. The Balaban J connectivity index is 1.16. The molecule has 1 aromatic carbocycles. The van der Waals surface area contributed by atoms with Crippen molar-refractivity contribution in [3.8, 4) is 28.8 Å². The van der Waals surface area contributed by atoms with Crippen LogP contribution in [0.4, 0.5) is 0 Å². The minimum Gasteiger partial charge on any atom is -0.494 e. The lowest BCUT2D eigenvalue weighted by molar-refractivity contribution is 0.0700. The van der Waals surface area contributed by atoms with Gasteiger partial charge in [-0.1, -0.05) is 0 Å². The van der Waals surface area contributed by atoms with E-state index in [-0.39, 0.29) is 18.0 Å². The quantitative estimate of drug-likeness (QED) is 0.312. The van der Waals surface area contributed by atoms with Crippen molar-refractivity contribution < 1.29 is 9.53 Å². The van der Waals surface area contributed by atoms with E-state index in [1.165, 1.54) is 12.8 Å². The van der Waals surface area contributed by atoms with Gasteiger partial charge in [0.2, 0.25) is 5.82 Å². The third kappa shape index (κ3) is 3.79. The highest BCUT2D eigenvalue weighted by molar-refractivity contribution is 6.00. The molecule has 1 aliphatic heterocycles. The zero-order valence-electron chi connectivity index (χ0n) is 24.6. The van der Waals surface area contributed by atoms with Crippen molar-refractivity contribution in [2.75, 3.05) is 13.7 Å². The molecule has 222 valence electrons. The number of rotatable bonds is 6. The summed E-state index contributed by atoms with van der Waals surface area (Å²) in [6, 6.07) is 11.9. The van der Waals surface area contributed by atoms with E-state index in [9.17, 15) is 4.79 Å². The van der Waals surface area contributed by atoms with Gasteiger partial charge < -0.3 is 24.5 Å². The first-order valence-corrected chi connectivity index (χ1v) is 15.3. The van der Waals surface area contributed by atoms with Crippen LogP contribution < -0.4 is 10.5 Å². The molecule has 2 aliphatic carbocycles. The first-order chi connectivity index (χ1) is 21.5. The minimum absolute atomic E-state index is 0.00427. The van der Waals surface area contributed by atoms with Crippen LogP contribution in [0.3, 0.4) is 0 Å². The average Bonchev–Trinajstić information content (AvgIpc) is 3.31. The number of hydrogen-bond acceptors (Lipinski definition) is 8. The molecule has 3 atom stereocenters. The first-order valence-electron chi connectivity index (χ1n) is 15.3. The zero-order valence-corrected chi connectivity index (χ0v) is 24.6. The molecule has 1 amide bonds. The molecule has 44 heavy (non-hydrogen) atoms. The van der Waals surface area contributed by atoms with Crippen molar-refractivity contribution in [1.82, 2.24) is 43.6 Å². The van der Waals surface area contributed by atoms with Gasteiger partial charge in [-0.2, -0.15) is 4.98 Å². The van der Waals surface area contributed by atoms with Gasteiger partial charge in [-0.15, -0.1) is 5.10 Å². The Morgan fingerprint density at radius 2 is 1.98 bits per heavy atom.